The monoisotopic (exact) mass is 428 g/mol. The fraction of sp³-hybridized carbons (Fsp3) is 0.500. The summed E-state index contributed by atoms with van der Waals surface area (Å²) in [6.45, 7) is 1.76. The Balaban J connectivity index is 2.63. The van der Waals surface area contributed by atoms with Crippen molar-refractivity contribution in [3.63, 3.8) is 0 Å². The van der Waals surface area contributed by atoms with Crippen molar-refractivity contribution < 1.29 is 29.0 Å². The molecule has 1 rings (SSSR count). The molecule has 10 nitrogen and oxygen atoms in total. The van der Waals surface area contributed by atoms with Crippen LogP contribution in [0.25, 0.3) is 0 Å². The summed E-state index contributed by atoms with van der Waals surface area (Å²) in [7, 11) is 4.57. The largest absolute Gasteiger partial charge is 0.493 e. The number of thiol groups is 1. The number of hydrazone groups is 1. The third kappa shape index (κ3) is 7.70. The molecule has 0 heterocycles. The molecule has 0 saturated heterocycles. The van der Waals surface area contributed by atoms with E-state index in [1.807, 2.05) is 0 Å². The normalized spacial score (nSPS) is 10.9. The predicted molar refractivity (Wildman–Crippen MR) is 110 cm³/mol. The molecule has 1 aromatic rings. The molecule has 0 aliphatic heterocycles. The van der Waals surface area contributed by atoms with Gasteiger partial charge in [-0.3, -0.25) is 14.8 Å². The van der Waals surface area contributed by atoms with Crippen molar-refractivity contribution in [2.24, 2.45) is 5.10 Å². The zero-order valence-corrected chi connectivity index (χ0v) is 17.9. The molecular weight excluding hydrogens is 400 g/mol. The van der Waals surface area contributed by atoms with Crippen LogP contribution in [0.15, 0.2) is 17.2 Å². The lowest BCUT2D eigenvalue weighted by molar-refractivity contribution is -0.129. The second-order valence-corrected chi connectivity index (χ2v) is 6.41. The fourth-order valence-corrected chi connectivity index (χ4v) is 2.58. The number of hydroxylamine groups is 1. The highest BCUT2D eigenvalue weighted by Gasteiger charge is 2.15. The Morgan fingerprint density at radius 2 is 1.66 bits per heavy atom. The van der Waals surface area contributed by atoms with E-state index in [2.05, 4.69) is 23.5 Å². The molecule has 1 aromatic carbocycles. The molecule has 3 N–H and O–H groups in total. The molecule has 162 valence electrons. The fourth-order valence-electron chi connectivity index (χ4n) is 2.43. The summed E-state index contributed by atoms with van der Waals surface area (Å²) >= 11 is 4.09. The number of hydrogen-bond acceptors (Lipinski definition) is 9. The lowest BCUT2D eigenvalue weighted by Gasteiger charge is -2.16. The molecule has 0 atom stereocenters. The van der Waals surface area contributed by atoms with Gasteiger partial charge in [0, 0.05) is 18.4 Å². The Morgan fingerprint density at radius 3 is 2.17 bits per heavy atom. The van der Waals surface area contributed by atoms with Crippen LogP contribution in [-0.2, 0) is 9.59 Å². The Kier molecular flexibility index (Phi) is 10.7. The predicted octanol–water partition coefficient (Wildman–Crippen LogP) is 2.07. The summed E-state index contributed by atoms with van der Waals surface area (Å²) in [6.07, 6.45) is 2.31. The number of rotatable bonds is 12. The zero-order valence-electron chi connectivity index (χ0n) is 17.0. The van der Waals surface area contributed by atoms with Gasteiger partial charge in [-0.25, -0.2) is 11.0 Å². The quantitative estimate of drug-likeness (QED) is 0.132. The molecule has 29 heavy (non-hydrogen) atoms. The van der Waals surface area contributed by atoms with Crippen molar-refractivity contribution >= 4 is 30.3 Å². The molecule has 0 spiro atoms. The topological polar surface area (TPSA) is 122 Å². The molecule has 0 aliphatic carbocycles. The maximum atomic E-state index is 12.1. The van der Waals surface area contributed by atoms with Crippen molar-refractivity contribution in [1.29, 1.82) is 0 Å². The van der Waals surface area contributed by atoms with Gasteiger partial charge in [0.25, 0.3) is 5.91 Å². The number of nitrogens with zero attached hydrogens (tertiary/aromatic N) is 2. The van der Waals surface area contributed by atoms with Crippen LogP contribution < -0.4 is 25.2 Å². The van der Waals surface area contributed by atoms with Gasteiger partial charge in [-0.1, -0.05) is 6.42 Å². The number of methoxy groups -OCH3 is 3. The van der Waals surface area contributed by atoms with Crippen LogP contribution in [0.1, 0.15) is 44.6 Å². The molecule has 11 heteroatoms. The molecule has 0 radical (unpaired) electrons. The highest BCUT2D eigenvalue weighted by Crippen LogP contribution is 2.38. The summed E-state index contributed by atoms with van der Waals surface area (Å²) in [5.41, 5.74) is 5.44. The zero-order chi connectivity index (χ0) is 21.8. The SMILES string of the molecule is COc1cc(/C(C)=N/NN(S)C(=O)CCCCCC(=O)NO)cc(OC)c1OC. The van der Waals surface area contributed by atoms with E-state index in [4.69, 9.17) is 19.4 Å². The summed E-state index contributed by atoms with van der Waals surface area (Å²) in [5.74, 6) is 0.754. The van der Waals surface area contributed by atoms with E-state index in [0.29, 0.717) is 47.8 Å². The Bertz CT molecular complexity index is 703. The van der Waals surface area contributed by atoms with Crippen molar-refractivity contribution in [3.05, 3.63) is 17.7 Å². The maximum Gasteiger partial charge on any atom is 0.252 e. The highest BCUT2D eigenvalue weighted by molar-refractivity contribution is 7.78. The van der Waals surface area contributed by atoms with Crippen LogP contribution in [0.5, 0.6) is 17.2 Å². The molecule has 0 aromatic heterocycles. The van der Waals surface area contributed by atoms with Crippen LogP contribution in [0.2, 0.25) is 0 Å². The van der Waals surface area contributed by atoms with Gasteiger partial charge in [0.15, 0.2) is 11.5 Å². The third-order valence-corrected chi connectivity index (χ3v) is 4.36. The number of nitrogens with one attached hydrogen (secondary N) is 2. The molecule has 0 saturated carbocycles. The number of carbonyl (C=O) groups excluding carboxylic acids is 2. The molecule has 0 bridgehead atoms. The van der Waals surface area contributed by atoms with E-state index in [0.717, 1.165) is 4.41 Å². The van der Waals surface area contributed by atoms with Gasteiger partial charge >= 0.3 is 0 Å². The molecule has 0 fully saturated rings. The van der Waals surface area contributed by atoms with Gasteiger partial charge in [-0.15, -0.1) is 0 Å². The average Bonchev–Trinajstić information content (AvgIpc) is 2.75. The highest BCUT2D eigenvalue weighted by atomic mass is 32.1. The number of carbonyl (C=O) groups is 2. The van der Waals surface area contributed by atoms with E-state index < -0.39 is 5.91 Å². The smallest absolute Gasteiger partial charge is 0.252 e. The van der Waals surface area contributed by atoms with Gasteiger partial charge in [-0.05, 0) is 44.7 Å². The summed E-state index contributed by atoms with van der Waals surface area (Å²) in [5, 5.41) is 12.6. The summed E-state index contributed by atoms with van der Waals surface area (Å²) in [4.78, 5) is 23.0. The number of ether oxygens (including phenoxy) is 3. The van der Waals surface area contributed by atoms with E-state index in [1.165, 1.54) is 21.3 Å². The van der Waals surface area contributed by atoms with E-state index in [1.54, 1.807) is 24.5 Å². The third-order valence-electron chi connectivity index (χ3n) is 4.05. The lowest BCUT2D eigenvalue weighted by atomic mass is 10.1. The van der Waals surface area contributed by atoms with Crippen molar-refractivity contribution in [2.75, 3.05) is 21.3 Å². The van der Waals surface area contributed by atoms with E-state index in [9.17, 15) is 9.59 Å². The van der Waals surface area contributed by atoms with Crippen molar-refractivity contribution in [1.82, 2.24) is 15.4 Å². The summed E-state index contributed by atoms with van der Waals surface area (Å²) in [6, 6.07) is 3.49. The van der Waals surface area contributed by atoms with Crippen molar-refractivity contribution in [2.45, 2.75) is 39.0 Å². The van der Waals surface area contributed by atoms with Gasteiger partial charge in [0.1, 0.15) is 0 Å². The Morgan fingerprint density at radius 1 is 1.07 bits per heavy atom. The van der Waals surface area contributed by atoms with Crippen LogP contribution in [-0.4, -0.2) is 48.5 Å². The van der Waals surface area contributed by atoms with Crippen LogP contribution >= 0.6 is 12.8 Å². The number of unbranched alkanes of at least 4 members (excludes halogenated alkanes) is 2. The molecular formula is C18H28N4O6S. The standard InChI is InChI=1S/C18H28N4O6S/c1-12(13-10-14(26-2)18(28-4)15(11-13)27-3)19-21-22(29)17(24)9-7-5-6-8-16(23)20-25/h10-11,21,25,29H,5-9H2,1-4H3,(H,20,23)/b19-12+. The van der Waals surface area contributed by atoms with Crippen LogP contribution in [0, 0.1) is 0 Å². The van der Waals surface area contributed by atoms with Crippen LogP contribution in [0.3, 0.4) is 0 Å². The second kappa shape index (κ2) is 12.7. The number of hydrazine groups is 1. The van der Waals surface area contributed by atoms with Gasteiger partial charge in [-0.2, -0.15) is 9.52 Å². The Hall–Kier alpha value is -2.66. The first kappa shape index (κ1) is 24.4. The number of benzene rings is 1. The van der Waals surface area contributed by atoms with Gasteiger partial charge in [0.05, 0.1) is 27.0 Å². The molecule has 0 unspecified atom stereocenters. The first-order valence-corrected chi connectivity index (χ1v) is 9.33. The maximum absolute atomic E-state index is 12.1. The van der Waals surface area contributed by atoms with Gasteiger partial charge in [0.2, 0.25) is 11.7 Å². The number of amides is 2. The molecule has 2 amide bonds. The van der Waals surface area contributed by atoms with E-state index >= 15 is 0 Å². The minimum Gasteiger partial charge on any atom is -0.493 e. The first-order chi connectivity index (χ1) is 13.9. The summed E-state index contributed by atoms with van der Waals surface area (Å²) < 4.78 is 16.9. The first-order valence-electron chi connectivity index (χ1n) is 8.93. The van der Waals surface area contributed by atoms with Gasteiger partial charge < -0.3 is 14.2 Å². The number of hydrogen-bond donors (Lipinski definition) is 4. The second-order valence-electron chi connectivity index (χ2n) is 6.01. The van der Waals surface area contributed by atoms with Crippen molar-refractivity contribution in [3.8, 4) is 17.2 Å². The minimum absolute atomic E-state index is 0.214. The lowest BCUT2D eigenvalue weighted by Crippen LogP contribution is -2.32. The van der Waals surface area contributed by atoms with E-state index in [-0.39, 0.29) is 18.7 Å². The minimum atomic E-state index is -0.439. The molecule has 0 aliphatic rings. The van der Waals surface area contributed by atoms with Crippen LogP contribution in [0.4, 0.5) is 0 Å². The average molecular weight is 429 g/mol. The Labute approximate surface area is 175 Å².